The lowest BCUT2D eigenvalue weighted by atomic mass is 10.1. The van der Waals surface area contributed by atoms with Gasteiger partial charge in [-0.25, -0.2) is 4.98 Å². The Morgan fingerprint density at radius 3 is 2.55 bits per heavy atom. The maximum absolute atomic E-state index is 12.4. The third-order valence-corrected chi connectivity index (χ3v) is 4.30. The Kier molecular flexibility index (Phi) is 3.54. The van der Waals surface area contributed by atoms with E-state index in [9.17, 15) is 9.59 Å². The molecule has 1 N–H and O–H groups in total. The van der Waals surface area contributed by atoms with E-state index in [-0.39, 0.29) is 11.1 Å². The fourth-order valence-electron chi connectivity index (χ4n) is 2.43. The Morgan fingerprint density at radius 1 is 1.18 bits per heavy atom. The second kappa shape index (κ2) is 5.38. The summed E-state index contributed by atoms with van der Waals surface area (Å²) in [4.78, 5) is 29.6. The standard InChI is InChI=1S/C16H15N3O2S/c1-9-4-10(2)6-12(5-9)18-14(20)13-7-17-16-19(15(13)21)11(3)8-22-16/h4-8H,1-3H3,(H,18,20). The molecule has 1 aromatic carbocycles. The quantitative estimate of drug-likeness (QED) is 0.791. The van der Waals surface area contributed by atoms with Crippen LogP contribution in [0.25, 0.3) is 4.96 Å². The molecular formula is C16H15N3O2S. The Balaban J connectivity index is 2.00. The molecule has 0 saturated heterocycles. The molecule has 0 aliphatic rings. The molecule has 6 heteroatoms. The van der Waals surface area contributed by atoms with Gasteiger partial charge in [0.2, 0.25) is 0 Å². The molecular weight excluding hydrogens is 298 g/mol. The number of aromatic nitrogens is 2. The number of nitrogens with zero attached hydrogens (tertiary/aromatic N) is 2. The Morgan fingerprint density at radius 2 is 1.86 bits per heavy atom. The maximum Gasteiger partial charge on any atom is 0.271 e. The number of thiazole rings is 1. The lowest BCUT2D eigenvalue weighted by molar-refractivity contribution is 0.102. The van der Waals surface area contributed by atoms with Gasteiger partial charge in [0, 0.05) is 23.0 Å². The zero-order valence-electron chi connectivity index (χ0n) is 12.5. The smallest absolute Gasteiger partial charge is 0.271 e. The Hall–Kier alpha value is -2.47. The van der Waals surface area contributed by atoms with E-state index in [1.54, 1.807) is 0 Å². The number of anilines is 1. The van der Waals surface area contributed by atoms with E-state index >= 15 is 0 Å². The summed E-state index contributed by atoms with van der Waals surface area (Å²) in [5.74, 6) is -0.442. The Bertz CT molecular complexity index is 920. The predicted molar refractivity (Wildman–Crippen MR) is 87.9 cm³/mol. The first-order valence-corrected chi connectivity index (χ1v) is 7.69. The summed E-state index contributed by atoms with van der Waals surface area (Å²) in [6.45, 7) is 5.73. The van der Waals surface area contributed by atoms with Crippen LogP contribution >= 0.6 is 11.3 Å². The average Bonchev–Trinajstić information content (AvgIpc) is 2.80. The zero-order valence-corrected chi connectivity index (χ0v) is 13.3. The number of nitrogens with one attached hydrogen (secondary N) is 1. The first-order valence-electron chi connectivity index (χ1n) is 6.81. The Labute approximate surface area is 131 Å². The van der Waals surface area contributed by atoms with Crippen LogP contribution in [0.5, 0.6) is 0 Å². The molecule has 1 amide bonds. The van der Waals surface area contributed by atoms with Crippen molar-refractivity contribution in [3.05, 3.63) is 62.5 Å². The monoisotopic (exact) mass is 313 g/mol. The molecule has 0 aliphatic heterocycles. The van der Waals surface area contributed by atoms with Crippen LogP contribution < -0.4 is 10.9 Å². The first-order chi connectivity index (χ1) is 10.5. The number of aryl methyl sites for hydroxylation is 3. The van der Waals surface area contributed by atoms with E-state index in [0.717, 1.165) is 16.8 Å². The minimum absolute atomic E-state index is 0.0400. The van der Waals surface area contributed by atoms with Gasteiger partial charge < -0.3 is 5.32 Å². The van der Waals surface area contributed by atoms with Crippen molar-refractivity contribution in [2.45, 2.75) is 20.8 Å². The van der Waals surface area contributed by atoms with E-state index in [4.69, 9.17) is 0 Å². The van der Waals surface area contributed by atoms with Crippen LogP contribution in [0.3, 0.4) is 0 Å². The minimum Gasteiger partial charge on any atom is -0.322 e. The number of benzene rings is 1. The topological polar surface area (TPSA) is 63.5 Å². The molecule has 0 bridgehead atoms. The number of hydrogen-bond donors (Lipinski definition) is 1. The maximum atomic E-state index is 12.4. The summed E-state index contributed by atoms with van der Waals surface area (Å²) >= 11 is 1.38. The van der Waals surface area contributed by atoms with Gasteiger partial charge in [-0.3, -0.25) is 14.0 Å². The lowest BCUT2D eigenvalue weighted by Crippen LogP contribution is -2.26. The van der Waals surface area contributed by atoms with Gasteiger partial charge >= 0.3 is 0 Å². The van der Waals surface area contributed by atoms with Gasteiger partial charge in [0.1, 0.15) is 5.56 Å². The summed E-state index contributed by atoms with van der Waals surface area (Å²) in [6, 6.07) is 5.75. The lowest BCUT2D eigenvalue weighted by Gasteiger charge is -2.07. The average molecular weight is 313 g/mol. The van der Waals surface area contributed by atoms with E-state index in [0.29, 0.717) is 10.6 Å². The van der Waals surface area contributed by atoms with Crippen molar-refractivity contribution in [3.63, 3.8) is 0 Å². The van der Waals surface area contributed by atoms with Crippen molar-refractivity contribution >= 4 is 27.9 Å². The van der Waals surface area contributed by atoms with Crippen molar-refractivity contribution in [1.82, 2.24) is 9.38 Å². The first kappa shape index (κ1) is 14.5. The molecule has 0 aliphatic carbocycles. The van der Waals surface area contributed by atoms with Crippen LogP contribution in [-0.4, -0.2) is 15.3 Å². The predicted octanol–water partition coefficient (Wildman–Crippen LogP) is 2.93. The molecule has 0 unspecified atom stereocenters. The molecule has 112 valence electrons. The van der Waals surface area contributed by atoms with E-state index in [1.165, 1.54) is 21.9 Å². The molecule has 5 nitrogen and oxygen atoms in total. The molecule has 3 aromatic rings. The molecule has 0 radical (unpaired) electrons. The van der Waals surface area contributed by atoms with Gasteiger partial charge in [-0.15, -0.1) is 11.3 Å². The molecule has 0 fully saturated rings. The zero-order chi connectivity index (χ0) is 15.9. The number of fused-ring (bicyclic) bond motifs is 1. The van der Waals surface area contributed by atoms with Gasteiger partial charge in [-0.05, 0) is 44.0 Å². The highest BCUT2D eigenvalue weighted by molar-refractivity contribution is 7.15. The summed E-state index contributed by atoms with van der Waals surface area (Å²) < 4.78 is 1.46. The van der Waals surface area contributed by atoms with E-state index < -0.39 is 5.91 Å². The van der Waals surface area contributed by atoms with Gasteiger partial charge in [0.05, 0.1) is 0 Å². The molecule has 22 heavy (non-hydrogen) atoms. The van der Waals surface area contributed by atoms with E-state index in [2.05, 4.69) is 10.3 Å². The summed E-state index contributed by atoms with van der Waals surface area (Å²) in [5.41, 5.74) is 3.25. The van der Waals surface area contributed by atoms with Crippen molar-refractivity contribution in [3.8, 4) is 0 Å². The highest BCUT2D eigenvalue weighted by Gasteiger charge is 2.15. The van der Waals surface area contributed by atoms with Crippen LogP contribution in [0.15, 0.2) is 34.6 Å². The van der Waals surface area contributed by atoms with E-state index in [1.807, 2.05) is 44.4 Å². The van der Waals surface area contributed by atoms with Gasteiger partial charge in [0.15, 0.2) is 4.96 Å². The number of rotatable bonds is 2. The normalized spacial score (nSPS) is 10.9. The van der Waals surface area contributed by atoms with Crippen LogP contribution in [0.1, 0.15) is 27.2 Å². The third-order valence-electron chi connectivity index (χ3n) is 3.34. The fourth-order valence-corrected chi connectivity index (χ4v) is 3.25. The number of carbonyl (C=O) groups is 1. The van der Waals surface area contributed by atoms with Crippen molar-refractivity contribution in [2.24, 2.45) is 0 Å². The number of carbonyl (C=O) groups excluding carboxylic acids is 1. The fraction of sp³-hybridized carbons (Fsp3) is 0.188. The van der Waals surface area contributed by atoms with Gasteiger partial charge in [-0.1, -0.05) is 6.07 Å². The summed E-state index contributed by atoms with van der Waals surface area (Å²) in [5, 5.41) is 4.61. The molecule has 0 saturated carbocycles. The largest absolute Gasteiger partial charge is 0.322 e. The van der Waals surface area contributed by atoms with Crippen molar-refractivity contribution in [1.29, 1.82) is 0 Å². The van der Waals surface area contributed by atoms with Crippen molar-refractivity contribution in [2.75, 3.05) is 5.32 Å². The van der Waals surface area contributed by atoms with Gasteiger partial charge in [-0.2, -0.15) is 0 Å². The second-order valence-corrected chi connectivity index (χ2v) is 6.14. The third kappa shape index (κ3) is 2.53. The van der Waals surface area contributed by atoms with Crippen LogP contribution in [0.4, 0.5) is 5.69 Å². The number of hydrogen-bond acceptors (Lipinski definition) is 4. The SMILES string of the molecule is Cc1cc(C)cc(NC(=O)c2cnc3scc(C)n3c2=O)c1. The molecule has 2 aromatic heterocycles. The molecule has 3 rings (SSSR count). The summed E-state index contributed by atoms with van der Waals surface area (Å²) in [7, 11) is 0. The minimum atomic E-state index is -0.442. The van der Waals surface area contributed by atoms with Crippen molar-refractivity contribution < 1.29 is 4.79 Å². The molecule has 0 atom stereocenters. The molecule has 2 heterocycles. The highest BCUT2D eigenvalue weighted by Crippen LogP contribution is 2.15. The second-order valence-electron chi connectivity index (χ2n) is 5.30. The van der Waals surface area contributed by atoms with Crippen LogP contribution in [0, 0.1) is 20.8 Å². The highest BCUT2D eigenvalue weighted by atomic mass is 32.1. The molecule has 0 spiro atoms. The van der Waals surface area contributed by atoms with Crippen LogP contribution in [0.2, 0.25) is 0 Å². The summed E-state index contributed by atoms with van der Waals surface area (Å²) in [6.07, 6.45) is 1.34. The number of amides is 1. The van der Waals surface area contributed by atoms with Gasteiger partial charge in [0.25, 0.3) is 11.5 Å². The van der Waals surface area contributed by atoms with Crippen LogP contribution in [-0.2, 0) is 0 Å².